The molecule has 0 unspecified atom stereocenters. The van der Waals surface area contributed by atoms with Gasteiger partial charge in [0.15, 0.2) is 0 Å². The van der Waals surface area contributed by atoms with Crippen LogP contribution in [0.3, 0.4) is 0 Å². The molecule has 1 aliphatic rings. The van der Waals surface area contributed by atoms with E-state index in [1.165, 1.54) is 5.57 Å². The van der Waals surface area contributed by atoms with Crippen molar-refractivity contribution in [2.45, 2.75) is 20.3 Å². The van der Waals surface area contributed by atoms with Crippen LogP contribution in [0.2, 0.25) is 0 Å². The summed E-state index contributed by atoms with van der Waals surface area (Å²) >= 11 is 0. The Hall–Kier alpha value is -0.850. The third-order valence-corrected chi connectivity index (χ3v) is 1.29. The van der Waals surface area contributed by atoms with Crippen LogP contribution in [0.25, 0.3) is 0 Å². The summed E-state index contributed by atoms with van der Waals surface area (Å²) in [5.74, 6) is 0. The zero-order valence-corrected chi connectivity index (χ0v) is 5.89. The Morgan fingerprint density at radius 1 is 1.44 bits per heavy atom. The molecule has 0 aromatic carbocycles. The number of nitrogens with zero attached hydrogens (tertiary/aromatic N) is 1. The third-order valence-electron chi connectivity index (χ3n) is 1.29. The highest BCUT2D eigenvalue weighted by Crippen LogP contribution is 2.04. The van der Waals surface area contributed by atoms with Gasteiger partial charge < -0.3 is 0 Å². The number of allylic oxidation sites excluding steroid dienone is 3. The lowest BCUT2D eigenvalue weighted by Crippen LogP contribution is -1.78. The van der Waals surface area contributed by atoms with E-state index >= 15 is 0 Å². The Bertz CT molecular complexity index is 185. The Labute approximate surface area is 55.8 Å². The molecule has 0 amide bonds. The smallest absolute Gasteiger partial charge is 0.0369 e. The van der Waals surface area contributed by atoms with Gasteiger partial charge in [0.25, 0.3) is 0 Å². The van der Waals surface area contributed by atoms with Crippen molar-refractivity contribution in [2.75, 3.05) is 0 Å². The molecule has 0 fully saturated rings. The van der Waals surface area contributed by atoms with E-state index < -0.39 is 0 Å². The van der Waals surface area contributed by atoms with Crippen molar-refractivity contribution in [3.05, 3.63) is 23.9 Å². The summed E-state index contributed by atoms with van der Waals surface area (Å²) in [6, 6.07) is 0. The first kappa shape index (κ1) is 6.27. The molecule has 0 atom stereocenters. The zero-order valence-electron chi connectivity index (χ0n) is 5.89. The quantitative estimate of drug-likeness (QED) is 0.466. The van der Waals surface area contributed by atoms with Gasteiger partial charge in [-0.25, -0.2) is 0 Å². The minimum Gasteiger partial charge on any atom is -0.262 e. The molecule has 0 aromatic heterocycles. The molecule has 0 N–H and O–H groups in total. The van der Waals surface area contributed by atoms with E-state index in [4.69, 9.17) is 0 Å². The van der Waals surface area contributed by atoms with E-state index in [0.29, 0.717) is 0 Å². The zero-order chi connectivity index (χ0) is 6.69. The van der Waals surface area contributed by atoms with E-state index in [2.05, 4.69) is 18.0 Å². The van der Waals surface area contributed by atoms with Gasteiger partial charge in [0, 0.05) is 11.9 Å². The van der Waals surface area contributed by atoms with Gasteiger partial charge in [-0.1, -0.05) is 11.6 Å². The third kappa shape index (κ3) is 1.84. The number of hydrogen-bond donors (Lipinski definition) is 0. The maximum Gasteiger partial charge on any atom is 0.0369 e. The van der Waals surface area contributed by atoms with E-state index in [-0.39, 0.29) is 0 Å². The number of hydrogen-bond acceptors (Lipinski definition) is 1. The summed E-state index contributed by atoms with van der Waals surface area (Å²) in [6.45, 7) is 4.10. The largest absolute Gasteiger partial charge is 0.262 e. The monoisotopic (exact) mass is 121 g/mol. The predicted octanol–water partition coefficient (Wildman–Crippen LogP) is 2.31. The second-order valence-electron chi connectivity index (χ2n) is 2.35. The van der Waals surface area contributed by atoms with Crippen LogP contribution < -0.4 is 0 Å². The first-order valence-corrected chi connectivity index (χ1v) is 3.15. The second-order valence-corrected chi connectivity index (χ2v) is 2.35. The summed E-state index contributed by atoms with van der Waals surface area (Å²) in [7, 11) is 0. The lowest BCUT2D eigenvalue weighted by molar-refractivity contribution is 1.20. The summed E-state index contributed by atoms with van der Waals surface area (Å²) in [6.07, 6.45) is 7.15. The minimum absolute atomic E-state index is 1.04. The van der Waals surface area contributed by atoms with Gasteiger partial charge in [0.05, 0.1) is 0 Å². The van der Waals surface area contributed by atoms with Crippen LogP contribution in [0.1, 0.15) is 20.3 Å². The summed E-state index contributed by atoms with van der Waals surface area (Å²) in [5, 5.41) is 0. The van der Waals surface area contributed by atoms with Crippen LogP contribution in [-0.2, 0) is 0 Å². The van der Waals surface area contributed by atoms with Gasteiger partial charge in [-0.3, -0.25) is 4.99 Å². The number of rotatable bonds is 0. The van der Waals surface area contributed by atoms with Gasteiger partial charge in [0.2, 0.25) is 0 Å². The highest BCUT2D eigenvalue weighted by molar-refractivity contribution is 5.93. The predicted molar refractivity (Wildman–Crippen MR) is 40.6 cm³/mol. The van der Waals surface area contributed by atoms with Gasteiger partial charge in [-0.2, -0.15) is 0 Å². The average Bonchev–Trinajstić information content (AvgIpc) is 1.97. The molecule has 0 spiro atoms. The molecular formula is C8H11N. The van der Waals surface area contributed by atoms with Crippen molar-refractivity contribution in [1.29, 1.82) is 0 Å². The molecule has 1 nitrogen and oxygen atoms in total. The molecule has 1 aliphatic heterocycles. The Kier molecular flexibility index (Phi) is 1.83. The lowest BCUT2D eigenvalue weighted by Gasteiger charge is -1.85. The summed E-state index contributed by atoms with van der Waals surface area (Å²) in [5.41, 5.74) is 2.41. The molecule has 48 valence electrons. The Morgan fingerprint density at radius 2 is 2.22 bits per heavy atom. The van der Waals surface area contributed by atoms with Gasteiger partial charge in [0.1, 0.15) is 0 Å². The van der Waals surface area contributed by atoms with E-state index in [1.54, 1.807) is 0 Å². The van der Waals surface area contributed by atoms with Crippen molar-refractivity contribution >= 4 is 5.71 Å². The van der Waals surface area contributed by atoms with Gasteiger partial charge in [-0.15, -0.1) is 0 Å². The lowest BCUT2D eigenvalue weighted by atomic mass is 10.2. The highest BCUT2D eigenvalue weighted by Gasteiger charge is 1.89. The fourth-order valence-corrected chi connectivity index (χ4v) is 0.723. The molecule has 0 bridgehead atoms. The van der Waals surface area contributed by atoms with Gasteiger partial charge in [-0.05, 0) is 26.3 Å². The van der Waals surface area contributed by atoms with Crippen LogP contribution in [0.4, 0.5) is 0 Å². The molecule has 9 heavy (non-hydrogen) atoms. The molecule has 1 heterocycles. The highest BCUT2D eigenvalue weighted by atomic mass is 14.7. The first-order valence-electron chi connectivity index (χ1n) is 3.15. The Balaban J connectivity index is 2.80. The Morgan fingerprint density at radius 3 is 3.00 bits per heavy atom. The first-order chi connectivity index (χ1) is 4.29. The summed E-state index contributed by atoms with van der Waals surface area (Å²) in [4.78, 5) is 4.17. The molecular weight excluding hydrogens is 110 g/mol. The topological polar surface area (TPSA) is 12.4 Å². The van der Waals surface area contributed by atoms with Crippen molar-refractivity contribution in [2.24, 2.45) is 4.99 Å². The van der Waals surface area contributed by atoms with E-state index in [1.807, 2.05) is 19.2 Å². The summed E-state index contributed by atoms with van der Waals surface area (Å²) < 4.78 is 0. The SMILES string of the molecule is CC1=CN=C(C)C=CC1. The normalized spacial score (nSPS) is 18.4. The molecule has 0 saturated heterocycles. The molecule has 0 aliphatic carbocycles. The van der Waals surface area contributed by atoms with Crippen LogP contribution in [0.5, 0.6) is 0 Å². The molecule has 0 aromatic rings. The maximum absolute atomic E-state index is 4.17. The standard InChI is InChI=1S/C8H11N/c1-7-4-3-5-8(2)9-6-7/h3,5-6H,4H2,1-2H3. The van der Waals surface area contributed by atoms with Crippen molar-refractivity contribution in [1.82, 2.24) is 0 Å². The van der Waals surface area contributed by atoms with E-state index in [9.17, 15) is 0 Å². The van der Waals surface area contributed by atoms with Crippen molar-refractivity contribution < 1.29 is 0 Å². The van der Waals surface area contributed by atoms with Crippen LogP contribution >= 0.6 is 0 Å². The molecule has 0 radical (unpaired) electrons. The molecule has 1 heteroatoms. The van der Waals surface area contributed by atoms with Crippen molar-refractivity contribution in [3.63, 3.8) is 0 Å². The van der Waals surface area contributed by atoms with Crippen LogP contribution in [-0.4, -0.2) is 5.71 Å². The fraction of sp³-hybridized carbons (Fsp3) is 0.375. The maximum atomic E-state index is 4.17. The number of aliphatic imine (C=N–C) groups is 1. The van der Waals surface area contributed by atoms with E-state index in [0.717, 1.165) is 12.1 Å². The molecule has 1 rings (SSSR count). The van der Waals surface area contributed by atoms with Crippen LogP contribution in [0, 0.1) is 0 Å². The average molecular weight is 121 g/mol. The fourth-order valence-electron chi connectivity index (χ4n) is 0.723. The molecule has 0 saturated carbocycles. The van der Waals surface area contributed by atoms with Crippen LogP contribution in [0.15, 0.2) is 28.9 Å². The second kappa shape index (κ2) is 2.62. The van der Waals surface area contributed by atoms with Crippen molar-refractivity contribution in [3.8, 4) is 0 Å². The van der Waals surface area contributed by atoms with Gasteiger partial charge >= 0.3 is 0 Å². The minimum atomic E-state index is 1.04.